The van der Waals surface area contributed by atoms with E-state index in [9.17, 15) is 14.4 Å². The fourth-order valence-corrected chi connectivity index (χ4v) is 2.01. The smallest absolute Gasteiger partial charge is 0.322 e. The van der Waals surface area contributed by atoms with E-state index in [4.69, 9.17) is 9.84 Å². The fourth-order valence-electron chi connectivity index (χ4n) is 1.33. The number of nitrogens with one attached hydrogen (secondary N) is 2. The first-order valence-electron chi connectivity index (χ1n) is 7.47. The van der Waals surface area contributed by atoms with E-state index in [1.807, 2.05) is 13.8 Å². The van der Waals surface area contributed by atoms with Crippen LogP contribution in [-0.2, 0) is 19.1 Å². The van der Waals surface area contributed by atoms with Gasteiger partial charge in [0.25, 0.3) is 5.91 Å². The Morgan fingerprint density at radius 3 is 2.24 bits per heavy atom. The van der Waals surface area contributed by atoms with E-state index in [-0.39, 0.29) is 6.61 Å². The number of amides is 2. The fraction of sp³-hybridized carbons (Fsp3) is 0.600. The van der Waals surface area contributed by atoms with Crippen LogP contribution in [0.1, 0.15) is 28.5 Å². The second-order valence-electron chi connectivity index (χ2n) is 4.24. The number of aromatic nitrogens is 1. The summed E-state index contributed by atoms with van der Waals surface area (Å²) in [5.74, 6) is -2.24. The molecule has 10 heteroatoms. The highest BCUT2D eigenvalue weighted by Gasteiger charge is 2.22. The molecule has 0 aliphatic heterocycles. The zero-order valence-electron chi connectivity index (χ0n) is 15.4. The summed E-state index contributed by atoms with van der Waals surface area (Å²) in [6.07, 6.45) is 1.41. The molecule has 0 spiro atoms. The topological polar surface area (TPSA) is 127 Å². The van der Waals surface area contributed by atoms with Gasteiger partial charge in [0.2, 0.25) is 5.91 Å². The Hall–Kier alpha value is -2.04. The summed E-state index contributed by atoms with van der Waals surface area (Å²) < 4.78 is 9.09. The minimum Gasteiger partial charge on any atom is -0.480 e. The minimum absolute atomic E-state index is 0.0605. The maximum absolute atomic E-state index is 11.9. The third kappa shape index (κ3) is 12.0. The molecule has 1 aromatic heterocycles. The average Bonchev–Trinajstić information content (AvgIpc) is 3.01. The average molecular weight is 377 g/mol. The van der Waals surface area contributed by atoms with Gasteiger partial charge >= 0.3 is 5.97 Å². The molecule has 0 aliphatic carbocycles. The molecule has 0 saturated heterocycles. The summed E-state index contributed by atoms with van der Waals surface area (Å²) in [4.78, 5) is 38.3. The molecule has 1 heterocycles. The van der Waals surface area contributed by atoms with Gasteiger partial charge in [-0.2, -0.15) is 0 Å². The molecular formula is C15H27N3O6S. The number of carbonyl (C=O) groups excluding carboxylic acids is 2. The molecule has 2 amide bonds. The molecule has 0 radical (unpaired) electrons. The molecule has 0 aliphatic rings. The number of carboxylic acids is 1. The summed E-state index contributed by atoms with van der Waals surface area (Å²) >= 11 is 1.20. The van der Waals surface area contributed by atoms with E-state index >= 15 is 0 Å². The zero-order chi connectivity index (χ0) is 19.8. The van der Waals surface area contributed by atoms with Crippen LogP contribution in [0.4, 0.5) is 0 Å². The van der Waals surface area contributed by atoms with Crippen molar-refractivity contribution in [3.8, 4) is 0 Å². The van der Waals surface area contributed by atoms with Gasteiger partial charge in [0.05, 0.1) is 17.8 Å². The maximum Gasteiger partial charge on any atom is 0.322 e. The number of carboxylic acid groups (broad SMARTS) is 1. The Labute approximate surface area is 151 Å². The molecule has 0 bridgehead atoms. The molecule has 0 saturated carbocycles. The van der Waals surface area contributed by atoms with Crippen molar-refractivity contribution in [2.45, 2.75) is 26.8 Å². The summed E-state index contributed by atoms with van der Waals surface area (Å²) in [6.45, 7) is 5.18. The monoisotopic (exact) mass is 377 g/mol. The molecule has 1 atom stereocenters. The van der Waals surface area contributed by atoms with Crippen molar-refractivity contribution in [3.05, 3.63) is 16.1 Å². The van der Waals surface area contributed by atoms with Crippen LogP contribution in [0.5, 0.6) is 0 Å². The van der Waals surface area contributed by atoms with Gasteiger partial charge in [0, 0.05) is 21.3 Å². The normalized spacial score (nSPS) is 10.3. The third-order valence-electron chi connectivity index (χ3n) is 2.21. The Morgan fingerprint density at radius 2 is 1.84 bits per heavy atom. The maximum atomic E-state index is 11.9. The van der Waals surface area contributed by atoms with E-state index in [0.29, 0.717) is 4.88 Å². The van der Waals surface area contributed by atoms with Crippen molar-refractivity contribution in [1.29, 1.82) is 0 Å². The van der Waals surface area contributed by atoms with Gasteiger partial charge in [0.1, 0.15) is 17.5 Å². The van der Waals surface area contributed by atoms with E-state index in [1.54, 1.807) is 21.1 Å². The first kappa shape index (κ1) is 25.2. The minimum atomic E-state index is -1.17. The van der Waals surface area contributed by atoms with Crippen LogP contribution in [0.15, 0.2) is 6.20 Å². The van der Waals surface area contributed by atoms with Crippen molar-refractivity contribution in [3.63, 3.8) is 0 Å². The first-order chi connectivity index (χ1) is 11.8. The second kappa shape index (κ2) is 15.5. The van der Waals surface area contributed by atoms with E-state index < -0.39 is 30.4 Å². The number of aliphatic carboxylic acids is 1. The van der Waals surface area contributed by atoms with Gasteiger partial charge < -0.3 is 25.2 Å². The molecule has 1 unspecified atom stereocenters. The van der Waals surface area contributed by atoms with Crippen LogP contribution in [0.25, 0.3) is 0 Å². The summed E-state index contributed by atoms with van der Waals surface area (Å²) in [7, 11) is 4.63. The molecule has 0 fully saturated rings. The van der Waals surface area contributed by atoms with Crippen LogP contribution in [-0.4, -0.2) is 68.4 Å². The second-order valence-corrected chi connectivity index (χ2v) is 5.48. The van der Waals surface area contributed by atoms with Gasteiger partial charge in [-0.25, -0.2) is 4.98 Å². The Balaban J connectivity index is 0. The molecule has 9 nitrogen and oxygen atoms in total. The van der Waals surface area contributed by atoms with Crippen LogP contribution in [0.2, 0.25) is 0 Å². The molecular weight excluding hydrogens is 350 g/mol. The Kier molecular flexibility index (Phi) is 15.6. The Bertz CT molecular complexity index is 521. The summed E-state index contributed by atoms with van der Waals surface area (Å²) in [5.41, 5.74) is 0. The van der Waals surface area contributed by atoms with Gasteiger partial charge in [-0.1, -0.05) is 13.8 Å². The van der Waals surface area contributed by atoms with Crippen molar-refractivity contribution >= 4 is 29.1 Å². The summed E-state index contributed by atoms with van der Waals surface area (Å²) in [5, 5.41) is 13.9. The molecule has 25 heavy (non-hydrogen) atoms. The van der Waals surface area contributed by atoms with Crippen LogP contribution in [0, 0.1) is 6.92 Å². The standard InChI is InChI=1S/C11H15N3O5S.C2H6O.C2H6/c1-6-12-3-8(20-6)11(18)14-7(5-19-2)10(17)13-4-9(15)16;1-3-2;1-2/h3,7H,4-5H2,1-2H3,(H,13,17)(H,14,18)(H,15,16);1-2H3;1-2H3. The molecule has 1 rings (SSSR count). The lowest BCUT2D eigenvalue weighted by molar-refractivity contribution is -0.138. The van der Waals surface area contributed by atoms with Gasteiger partial charge in [-0.15, -0.1) is 11.3 Å². The number of rotatable bonds is 7. The van der Waals surface area contributed by atoms with E-state index in [2.05, 4.69) is 20.4 Å². The predicted octanol–water partition coefficient (Wildman–Crippen LogP) is 0.686. The molecule has 144 valence electrons. The number of aryl methyl sites for hydroxylation is 1. The highest BCUT2D eigenvalue weighted by Crippen LogP contribution is 2.11. The van der Waals surface area contributed by atoms with E-state index in [0.717, 1.165) is 5.01 Å². The van der Waals surface area contributed by atoms with Crippen LogP contribution < -0.4 is 10.6 Å². The molecule has 0 aromatic carbocycles. The van der Waals surface area contributed by atoms with E-state index in [1.165, 1.54) is 24.6 Å². The number of methoxy groups -OCH3 is 2. The zero-order valence-corrected chi connectivity index (χ0v) is 16.2. The van der Waals surface area contributed by atoms with Crippen LogP contribution in [0.3, 0.4) is 0 Å². The lowest BCUT2D eigenvalue weighted by atomic mass is 10.2. The van der Waals surface area contributed by atoms with Crippen LogP contribution >= 0.6 is 11.3 Å². The largest absolute Gasteiger partial charge is 0.480 e. The van der Waals surface area contributed by atoms with Gasteiger partial charge in [-0.3, -0.25) is 14.4 Å². The first-order valence-corrected chi connectivity index (χ1v) is 8.29. The number of hydrogen-bond acceptors (Lipinski definition) is 7. The van der Waals surface area contributed by atoms with Crippen molar-refractivity contribution in [2.75, 3.05) is 34.5 Å². The SMILES string of the molecule is CC.COC.COCC(NC(=O)c1cnc(C)s1)C(=O)NCC(=O)O. The predicted molar refractivity (Wildman–Crippen MR) is 94.9 cm³/mol. The van der Waals surface area contributed by atoms with Gasteiger partial charge in [-0.05, 0) is 6.92 Å². The lowest BCUT2D eigenvalue weighted by Crippen LogP contribution is -2.50. The number of ether oxygens (including phenoxy) is 2. The third-order valence-corrected chi connectivity index (χ3v) is 3.13. The lowest BCUT2D eigenvalue weighted by Gasteiger charge is -2.16. The quantitative estimate of drug-likeness (QED) is 0.638. The van der Waals surface area contributed by atoms with Crippen molar-refractivity contribution in [2.24, 2.45) is 0 Å². The number of thiazole rings is 1. The highest BCUT2D eigenvalue weighted by atomic mass is 32.1. The number of hydrogen-bond donors (Lipinski definition) is 3. The van der Waals surface area contributed by atoms with Crippen molar-refractivity contribution < 1.29 is 29.0 Å². The number of nitrogens with zero attached hydrogens (tertiary/aromatic N) is 1. The highest BCUT2D eigenvalue weighted by molar-refractivity contribution is 7.13. The Morgan fingerprint density at radius 1 is 1.28 bits per heavy atom. The molecule has 1 aromatic rings. The summed E-state index contributed by atoms with van der Waals surface area (Å²) in [6, 6.07) is -0.964. The number of carbonyl (C=O) groups is 3. The van der Waals surface area contributed by atoms with Crippen molar-refractivity contribution in [1.82, 2.24) is 15.6 Å². The van der Waals surface area contributed by atoms with Gasteiger partial charge in [0.15, 0.2) is 0 Å². The molecule has 3 N–H and O–H groups in total.